The maximum atomic E-state index is 12.8. The number of anilines is 2. The van der Waals surface area contributed by atoms with Crippen molar-refractivity contribution in [3.63, 3.8) is 0 Å². The summed E-state index contributed by atoms with van der Waals surface area (Å²) in [6, 6.07) is 24.0. The van der Waals surface area contributed by atoms with Crippen molar-refractivity contribution in [2.45, 2.75) is 18.2 Å². The van der Waals surface area contributed by atoms with E-state index >= 15 is 0 Å². The fourth-order valence-electron chi connectivity index (χ4n) is 4.39. The SMILES string of the molecule is Cc1ccc(-c2csc(SCC(=O)Nc3ccc(N4CCN(C(=O)c5cccc(C)c5)CC4)cc3)n2)cc1. The van der Waals surface area contributed by atoms with Gasteiger partial charge in [-0.05, 0) is 50.2 Å². The molecule has 6 nitrogen and oxygen atoms in total. The number of carbonyl (C=O) groups is 2. The maximum absolute atomic E-state index is 12.8. The molecule has 0 aliphatic carbocycles. The molecular formula is C30H30N4O2S2. The summed E-state index contributed by atoms with van der Waals surface area (Å²) < 4.78 is 0.881. The van der Waals surface area contributed by atoms with Gasteiger partial charge in [-0.25, -0.2) is 4.98 Å². The van der Waals surface area contributed by atoms with Crippen LogP contribution in [-0.2, 0) is 4.79 Å². The summed E-state index contributed by atoms with van der Waals surface area (Å²) in [6.07, 6.45) is 0. The summed E-state index contributed by atoms with van der Waals surface area (Å²) in [7, 11) is 0. The number of amides is 2. The Bertz CT molecular complexity index is 1410. The Balaban J connectivity index is 1.09. The monoisotopic (exact) mass is 542 g/mol. The molecule has 1 aliphatic rings. The van der Waals surface area contributed by atoms with E-state index in [9.17, 15) is 9.59 Å². The van der Waals surface area contributed by atoms with Crippen LogP contribution in [-0.4, -0.2) is 53.6 Å². The van der Waals surface area contributed by atoms with E-state index < -0.39 is 0 Å². The van der Waals surface area contributed by atoms with Gasteiger partial charge in [0, 0.05) is 54.1 Å². The van der Waals surface area contributed by atoms with Gasteiger partial charge < -0.3 is 15.1 Å². The molecule has 0 unspecified atom stereocenters. The van der Waals surface area contributed by atoms with Gasteiger partial charge in [0.15, 0.2) is 4.34 Å². The number of nitrogens with one attached hydrogen (secondary N) is 1. The topological polar surface area (TPSA) is 65.5 Å². The number of hydrogen-bond donors (Lipinski definition) is 1. The third kappa shape index (κ3) is 6.44. The van der Waals surface area contributed by atoms with Crippen LogP contribution in [0.25, 0.3) is 11.3 Å². The standard InChI is InChI=1S/C30H30N4O2S2/c1-21-6-8-23(9-7-21)27-19-37-30(32-27)38-20-28(35)31-25-10-12-26(13-11-25)33-14-16-34(17-15-33)29(36)24-5-3-4-22(2)18-24/h3-13,18-19H,14-17,20H2,1-2H3,(H,31,35). The third-order valence-corrected chi connectivity index (χ3v) is 8.53. The van der Waals surface area contributed by atoms with Gasteiger partial charge in [0.25, 0.3) is 5.91 Å². The lowest BCUT2D eigenvalue weighted by Crippen LogP contribution is -2.48. The fourth-order valence-corrected chi connectivity index (χ4v) is 6.02. The smallest absolute Gasteiger partial charge is 0.253 e. The van der Waals surface area contributed by atoms with E-state index in [2.05, 4.69) is 46.4 Å². The van der Waals surface area contributed by atoms with Crippen LogP contribution in [0.3, 0.4) is 0 Å². The number of aromatic nitrogens is 1. The first-order chi connectivity index (χ1) is 18.4. The maximum Gasteiger partial charge on any atom is 0.253 e. The second-order valence-corrected chi connectivity index (χ2v) is 11.5. The van der Waals surface area contributed by atoms with Crippen molar-refractivity contribution in [3.05, 3.63) is 94.9 Å². The van der Waals surface area contributed by atoms with Crippen molar-refractivity contribution >= 4 is 46.3 Å². The van der Waals surface area contributed by atoms with Gasteiger partial charge in [0.2, 0.25) is 5.91 Å². The molecule has 0 saturated carbocycles. The average molecular weight is 543 g/mol. The zero-order chi connectivity index (χ0) is 26.5. The van der Waals surface area contributed by atoms with E-state index in [0.717, 1.165) is 51.2 Å². The highest BCUT2D eigenvalue weighted by Gasteiger charge is 2.22. The second kappa shape index (κ2) is 11.8. The Hall–Kier alpha value is -3.62. The number of benzene rings is 3. The molecule has 1 aromatic heterocycles. The Morgan fingerprint density at radius 3 is 2.37 bits per heavy atom. The number of piperazine rings is 1. The van der Waals surface area contributed by atoms with Crippen molar-refractivity contribution in [1.82, 2.24) is 9.88 Å². The minimum atomic E-state index is -0.0573. The lowest BCUT2D eigenvalue weighted by atomic mass is 10.1. The van der Waals surface area contributed by atoms with Crippen molar-refractivity contribution in [3.8, 4) is 11.3 Å². The predicted molar refractivity (Wildman–Crippen MR) is 157 cm³/mol. The fraction of sp³-hybridized carbons (Fsp3) is 0.233. The van der Waals surface area contributed by atoms with Gasteiger partial charge in [-0.15, -0.1) is 11.3 Å². The Morgan fingerprint density at radius 2 is 1.66 bits per heavy atom. The summed E-state index contributed by atoms with van der Waals surface area (Å²) in [5.41, 5.74) is 6.94. The summed E-state index contributed by atoms with van der Waals surface area (Å²) in [5, 5.41) is 5.01. The molecule has 1 aliphatic heterocycles. The molecule has 0 spiro atoms. The van der Waals surface area contributed by atoms with Crippen LogP contribution in [0.2, 0.25) is 0 Å². The van der Waals surface area contributed by atoms with Crippen LogP contribution in [0, 0.1) is 13.8 Å². The largest absolute Gasteiger partial charge is 0.368 e. The predicted octanol–water partition coefficient (Wildman–Crippen LogP) is 6.12. The van der Waals surface area contributed by atoms with Gasteiger partial charge in [-0.1, -0.05) is 59.3 Å². The molecule has 2 heterocycles. The molecule has 4 aromatic rings. The highest BCUT2D eigenvalue weighted by atomic mass is 32.2. The van der Waals surface area contributed by atoms with Crippen LogP contribution in [0.1, 0.15) is 21.5 Å². The normalized spacial score (nSPS) is 13.4. The van der Waals surface area contributed by atoms with E-state index in [0.29, 0.717) is 18.8 Å². The minimum absolute atomic E-state index is 0.0573. The molecule has 38 heavy (non-hydrogen) atoms. The first-order valence-electron chi connectivity index (χ1n) is 12.6. The zero-order valence-corrected chi connectivity index (χ0v) is 23.1. The summed E-state index contributed by atoms with van der Waals surface area (Å²) in [5.74, 6) is 0.339. The van der Waals surface area contributed by atoms with E-state index in [4.69, 9.17) is 0 Å². The number of carbonyl (C=O) groups excluding carboxylic acids is 2. The molecule has 0 atom stereocenters. The zero-order valence-electron chi connectivity index (χ0n) is 21.5. The van der Waals surface area contributed by atoms with Gasteiger partial charge >= 0.3 is 0 Å². The van der Waals surface area contributed by atoms with Crippen LogP contribution < -0.4 is 10.2 Å². The Labute approximate surface area is 231 Å². The van der Waals surface area contributed by atoms with E-state index in [-0.39, 0.29) is 11.8 Å². The number of thiazole rings is 1. The van der Waals surface area contributed by atoms with Crippen molar-refractivity contribution in [2.75, 3.05) is 42.1 Å². The van der Waals surface area contributed by atoms with Crippen molar-refractivity contribution < 1.29 is 9.59 Å². The number of aryl methyl sites for hydroxylation is 2. The molecule has 0 radical (unpaired) electrons. The number of thioether (sulfide) groups is 1. The molecule has 5 rings (SSSR count). The summed E-state index contributed by atoms with van der Waals surface area (Å²) in [4.78, 5) is 34.2. The Morgan fingerprint density at radius 1 is 0.921 bits per heavy atom. The molecule has 194 valence electrons. The molecule has 1 saturated heterocycles. The molecular weight excluding hydrogens is 512 g/mol. The lowest BCUT2D eigenvalue weighted by molar-refractivity contribution is -0.113. The van der Waals surface area contributed by atoms with E-state index in [1.165, 1.54) is 17.3 Å². The molecule has 8 heteroatoms. The number of hydrogen-bond acceptors (Lipinski definition) is 6. The van der Waals surface area contributed by atoms with Gasteiger partial charge in [-0.3, -0.25) is 9.59 Å². The van der Waals surface area contributed by atoms with Gasteiger partial charge in [0.05, 0.1) is 11.4 Å². The summed E-state index contributed by atoms with van der Waals surface area (Å²) in [6.45, 7) is 6.99. The van der Waals surface area contributed by atoms with E-state index in [1.807, 2.05) is 65.7 Å². The molecule has 0 bridgehead atoms. The minimum Gasteiger partial charge on any atom is -0.368 e. The van der Waals surface area contributed by atoms with Crippen LogP contribution in [0.4, 0.5) is 11.4 Å². The number of rotatable bonds is 7. The van der Waals surface area contributed by atoms with Crippen molar-refractivity contribution in [1.29, 1.82) is 0 Å². The number of nitrogens with zero attached hydrogens (tertiary/aromatic N) is 3. The van der Waals surface area contributed by atoms with Crippen molar-refractivity contribution in [2.24, 2.45) is 0 Å². The summed E-state index contributed by atoms with van der Waals surface area (Å²) >= 11 is 3.01. The highest BCUT2D eigenvalue weighted by molar-refractivity contribution is 8.01. The molecule has 1 fully saturated rings. The van der Waals surface area contributed by atoms with Gasteiger partial charge in [0.1, 0.15) is 0 Å². The van der Waals surface area contributed by atoms with Crippen LogP contribution in [0.5, 0.6) is 0 Å². The van der Waals surface area contributed by atoms with Gasteiger partial charge in [-0.2, -0.15) is 0 Å². The molecule has 3 aromatic carbocycles. The third-order valence-electron chi connectivity index (χ3n) is 6.51. The molecule has 2 amide bonds. The average Bonchev–Trinajstić information content (AvgIpc) is 3.42. The first-order valence-corrected chi connectivity index (χ1v) is 14.5. The van der Waals surface area contributed by atoms with E-state index in [1.54, 1.807) is 11.3 Å². The Kier molecular flexibility index (Phi) is 8.10. The second-order valence-electron chi connectivity index (χ2n) is 9.40. The lowest BCUT2D eigenvalue weighted by Gasteiger charge is -2.36. The molecule has 1 N–H and O–H groups in total. The highest BCUT2D eigenvalue weighted by Crippen LogP contribution is 2.28. The quantitative estimate of drug-likeness (QED) is 0.285. The first kappa shape index (κ1) is 26.0. The van der Waals surface area contributed by atoms with Crippen LogP contribution >= 0.6 is 23.1 Å². The van der Waals surface area contributed by atoms with Crippen LogP contribution in [0.15, 0.2) is 82.5 Å².